The summed E-state index contributed by atoms with van der Waals surface area (Å²) in [5, 5.41) is 12.1. The molecule has 1 rings (SSSR count). The van der Waals surface area contributed by atoms with Crippen LogP contribution >= 0.6 is 0 Å². The number of hydrogen-bond donors (Lipinski definition) is 3. The minimum atomic E-state index is -0.242. The normalized spacial score (nSPS) is 12.1. The van der Waals surface area contributed by atoms with Gasteiger partial charge in [0.2, 0.25) is 0 Å². The van der Waals surface area contributed by atoms with Gasteiger partial charge in [0.15, 0.2) is 0 Å². The molecule has 0 saturated carbocycles. The number of nitrogens with one attached hydrogen (secondary N) is 1. The number of nitrogen functional groups attached to an aromatic ring is 1. The first-order valence-corrected chi connectivity index (χ1v) is 5.41. The smallest absolute Gasteiger partial charge is 0.253 e. The van der Waals surface area contributed by atoms with Crippen molar-refractivity contribution in [2.75, 3.05) is 12.3 Å². The first-order chi connectivity index (χ1) is 7.54. The average Bonchev–Trinajstić information content (AvgIpc) is 2.28. The van der Waals surface area contributed by atoms with Crippen molar-refractivity contribution in [2.45, 2.75) is 20.3 Å². The van der Waals surface area contributed by atoms with Crippen LogP contribution in [0.4, 0.5) is 5.69 Å². The number of carbonyl (C=O) groups is 1. The van der Waals surface area contributed by atoms with E-state index in [1.807, 2.05) is 0 Å². The molecular formula is C12H18N2O2. The second-order valence-electron chi connectivity index (χ2n) is 3.99. The molecule has 0 aliphatic heterocycles. The van der Waals surface area contributed by atoms with Crippen LogP contribution in [-0.2, 0) is 0 Å². The molecule has 4 nitrogen and oxygen atoms in total. The van der Waals surface area contributed by atoms with Gasteiger partial charge in [-0.2, -0.15) is 0 Å². The zero-order chi connectivity index (χ0) is 12.1. The van der Waals surface area contributed by atoms with Crippen LogP contribution in [0.25, 0.3) is 0 Å². The van der Waals surface area contributed by atoms with Crippen molar-refractivity contribution in [3.05, 3.63) is 23.8 Å². The summed E-state index contributed by atoms with van der Waals surface area (Å²) >= 11 is 0. The van der Waals surface area contributed by atoms with Crippen molar-refractivity contribution >= 4 is 11.6 Å². The Kier molecular flexibility index (Phi) is 4.17. The van der Waals surface area contributed by atoms with Crippen LogP contribution in [0.3, 0.4) is 0 Å². The maximum absolute atomic E-state index is 11.7. The summed E-state index contributed by atoms with van der Waals surface area (Å²) in [4.78, 5) is 11.7. The first-order valence-electron chi connectivity index (χ1n) is 5.41. The lowest BCUT2D eigenvalue weighted by Gasteiger charge is -2.11. The fourth-order valence-corrected chi connectivity index (χ4v) is 1.25. The summed E-state index contributed by atoms with van der Waals surface area (Å²) in [5.41, 5.74) is 6.35. The Balaban J connectivity index is 2.69. The SMILES string of the molecule is CCC(C)CNC(=O)c1cc(O)ccc1N. The fraction of sp³-hybridized carbons (Fsp3) is 0.417. The third kappa shape index (κ3) is 3.15. The van der Waals surface area contributed by atoms with Gasteiger partial charge in [-0.3, -0.25) is 4.79 Å². The van der Waals surface area contributed by atoms with Gasteiger partial charge in [-0.05, 0) is 24.1 Å². The topological polar surface area (TPSA) is 75.3 Å². The molecule has 0 saturated heterocycles. The summed E-state index contributed by atoms with van der Waals surface area (Å²) in [7, 11) is 0. The first kappa shape index (κ1) is 12.4. The lowest BCUT2D eigenvalue weighted by Crippen LogP contribution is -2.28. The molecule has 0 aliphatic rings. The minimum absolute atomic E-state index is 0.0443. The Bertz CT molecular complexity index is 377. The van der Waals surface area contributed by atoms with E-state index in [0.29, 0.717) is 23.7 Å². The highest BCUT2D eigenvalue weighted by Crippen LogP contribution is 2.18. The highest BCUT2D eigenvalue weighted by molar-refractivity contribution is 5.99. The van der Waals surface area contributed by atoms with Crippen LogP contribution in [0.1, 0.15) is 30.6 Å². The molecule has 88 valence electrons. The number of amides is 1. The number of nitrogens with two attached hydrogens (primary N) is 1. The monoisotopic (exact) mass is 222 g/mol. The fourth-order valence-electron chi connectivity index (χ4n) is 1.25. The maximum atomic E-state index is 11.7. The van der Waals surface area contributed by atoms with Crippen LogP contribution in [0.2, 0.25) is 0 Å². The molecule has 0 aliphatic carbocycles. The van der Waals surface area contributed by atoms with E-state index >= 15 is 0 Å². The van der Waals surface area contributed by atoms with Gasteiger partial charge in [0.25, 0.3) is 5.91 Å². The van der Waals surface area contributed by atoms with Crippen LogP contribution in [-0.4, -0.2) is 17.6 Å². The van der Waals surface area contributed by atoms with E-state index in [9.17, 15) is 9.90 Å². The molecule has 0 heterocycles. The summed E-state index contributed by atoms with van der Waals surface area (Å²) in [6, 6.07) is 4.36. The molecule has 0 spiro atoms. The Labute approximate surface area is 95.5 Å². The van der Waals surface area contributed by atoms with Crippen molar-refractivity contribution < 1.29 is 9.90 Å². The molecule has 1 aromatic carbocycles. The van der Waals surface area contributed by atoms with Crippen molar-refractivity contribution in [1.29, 1.82) is 0 Å². The standard InChI is InChI=1S/C12H18N2O2/c1-3-8(2)7-14-12(16)10-6-9(15)4-5-11(10)13/h4-6,8,15H,3,7,13H2,1-2H3,(H,14,16). The summed E-state index contributed by atoms with van der Waals surface area (Å²) < 4.78 is 0. The van der Waals surface area contributed by atoms with Gasteiger partial charge in [0.1, 0.15) is 5.75 Å². The lowest BCUT2D eigenvalue weighted by molar-refractivity contribution is 0.0948. The molecule has 1 amide bonds. The number of rotatable bonds is 4. The largest absolute Gasteiger partial charge is 0.508 e. The third-order valence-corrected chi connectivity index (χ3v) is 2.59. The predicted octanol–water partition coefficient (Wildman–Crippen LogP) is 1.75. The van der Waals surface area contributed by atoms with E-state index in [1.165, 1.54) is 18.2 Å². The average molecular weight is 222 g/mol. The quantitative estimate of drug-likeness (QED) is 0.536. The molecule has 4 heteroatoms. The Morgan fingerprint density at radius 1 is 1.56 bits per heavy atom. The number of aromatic hydroxyl groups is 1. The van der Waals surface area contributed by atoms with Crippen molar-refractivity contribution in [3.8, 4) is 5.75 Å². The number of phenols is 1. The van der Waals surface area contributed by atoms with Crippen LogP contribution in [0, 0.1) is 5.92 Å². The van der Waals surface area contributed by atoms with Gasteiger partial charge in [0.05, 0.1) is 5.56 Å². The van der Waals surface area contributed by atoms with Crippen molar-refractivity contribution in [1.82, 2.24) is 5.32 Å². The molecule has 0 aromatic heterocycles. The number of hydrogen-bond acceptors (Lipinski definition) is 3. The highest BCUT2D eigenvalue weighted by Gasteiger charge is 2.10. The van der Waals surface area contributed by atoms with Crippen LogP contribution < -0.4 is 11.1 Å². The second-order valence-corrected chi connectivity index (χ2v) is 3.99. The molecular weight excluding hydrogens is 204 g/mol. The van der Waals surface area contributed by atoms with E-state index in [4.69, 9.17) is 5.73 Å². The molecule has 1 atom stereocenters. The van der Waals surface area contributed by atoms with Crippen LogP contribution in [0.15, 0.2) is 18.2 Å². The Morgan fingerprint density at radius 3 is 2.88 bits per heavy atom. The maximum Gasteiger partial charge on any atom is 0.253 e. The van der Waals surface area contributed by atoms with Gasteiger partial charge in [-0.15, -0.1) is 0 Å². The summed E-state index contributed by atoms with van der Waals surface area (Å²) in [6.45, 7) is 4.75. The molecule has 4 N–H and O–H groups in total. The summed E-state index contributed by atoms with van der Waals surface area (Å²) in [6.07, 6.45) is 1.01. The lowest BCUT2D eigenvalue weighted by atomic mass is 10.1. The highest BCUT2D eigenvalue weighted by atomic mass is 16.3. The Hall–Kier alpha value is -1.71. The zero-order valence-corrected chi connectivity index (χ0v) is 9.66. The van der Waals surface area contributed by atoms with Crippen molar-refractivity contribution in [2.24, 2.45) is 5.92 Å². The van der Waals surface area contributed by atoms with Gasteiger partial charge < -0.3 is 16.2 Å². The van der Waals surface area contributed by atoms with Gasteiger partial charge >= 0.3 is 0 Å². The Morgan fingerprint density at radius 2 is 2.25 bits per heavy atom. The van der Waals surface area contributed by atoms with Gasteiger partial charge in [-0.25, -0.2) is 0 Å². The zero-order valence-electron chi connectivity index (χ0n) is 9.66. The van der Waals surface area contributed by atoms with E-state index in [0.717, 1.165) is 6.42 Å². The van der Waals surface area contributed by atoms with E-state index in [-0.39, 0.29) is 11.7 Å². The van der Waals surface area contributed by atoms with Gasteiger partial charge in [0, 0.05) is 12.2 Å². The number of anilines is 1. The predicted molar refractivity (Wildman–Crippen MR) is 64.3 cm³/mol. The van der Waals surface area contributed by atoms with E-state index < -0.39 is 0 Å². The molecule has 16 heavy (non-hydrogen) atoms. The van der Waals surface area contributed by atoms with E-state index in [2.05, 4.69) is 19.2 Å². The van der Waals surface area contributed by atoms with E-state index in [1.54, 1.807) is 0 Å². The summed E-state index contributed by atoms with van der Waals surface area (Å²) in [5.74, 6) is 0.235. The van der Waals surface area contributed by atoms with Crippen LogP contribution in [0.5, 0.6) is 5.75 Å². The molecule has 0 bridgehead atoms. The third-order valence-electron chi connectivity index (χ3n) is 2.59. The van der Waals surface area contributed by atoms with Crippen molar-refractivity contribution in [3.63, 3.8) is 0 Å². The second kappa shape index (κ2) is 5.39. The number of phenolic OH excluding ortho intramolecular Hbond substituents is 1. The molecule has 0 fully saturated rings. The minimum Gasteiger partial charge on any atom is -0.508 e. The molecule has 1 unspecified atom stereocenters. The number of benzene rings is 1. The number of carbonyl (C=O) groups excluding carboxylic acids is 1. The van der Waals surface area contributed by atoms with Gasteiger partial charge in [-0.1, -0.05) is 20.3 Å². The molecule has 0 radical (unpaired) electrons. The molecule has 1 aromatic rings.